The van der Waals surface area contributed by atoms with Gasteiger partial charge in [0, 0.05) is 47.8 Å². The molecule has 1 heterocycles. The van der Waals surface area contributed by atoms with E-state index in [1.807, 2.05) is 29.2 Å². The van der Waals surface area contributed by atoms with Gasteiger partial charge in [-0.2, -0.15) is 0 Å². The Balaban J connectivity index is 0.00000200. The van der Waals surface area contributed by atoms with Crippen molar-refractivity contribution in [3.63, 3.8) is 0 Å². The summed E-state index contributed by atoms with van der Waals surface area (Å²) in [7, 11) is 0. The van der Waals surface area contributed by atoms with Crippen molar-refractivity contribution in [3.05, 3.63) is 29.3 Å². The van der Waals surface area contributed by atoms with Gasteiger partial charge < -0.3 is 10.2 Å². The minimum Gasteiger partial charge on any atom is -0.337 e. The molecule has 0 radical (unpaired) electrons. The highest BCUT2D eigenvalue weighted by Crippen LogP contribution is 2.21. The van der Waals surface area contributed by atoms with Gasteiger partial charge in [0.1, 0.15) is 0 Å². The summed E-state index contributed by atoms with van der Waals surface area (Å²) in [6.07, 6.45) is 0.595. The minimum atomic E-state index is 0. The van der Waals surface area contributed by atoms with Crippen molar-refractivity contribution >= 4 is 41.7 Å². The summed E-state index contributed by atoms with van der Waals surface area (Å²) in [4.78, 5) is 15.3. The Morgan fingerprint density at radius 3 is 2.80 bits per heavy atom. The van der Waals surface area contributed by atoms with Gasteiger partial charge in [0.15, 0.2) is 0 Å². The van der Waals surface area contributed by atoms with Crippen molar-refractivity contribution in [3.8, 4) is 0 Å². The average Bonchev–Trinajstić information content (AvgIpc) is 2.41. The van der Waals surface area contributed by atoms with Crippen molar-refractivity contribution in [2.45, 2.75) is 24.3 Å². The monoisotopic (exact) mass is 334 g/mol. The molecule has 1 aromatic rings. The SMILES string of the molecule is C[C@@H]1CNCCN1C(=O)CCSc1ccc(Cl)cc1.Cl. The molecule has 6 heteroatoms. The summed E-state index contributed by atoms with van der Waals surface area (Å²) in [5.74, 6) is 1.08. The molecule has 0 aliphatic carbocycles. The number of nitrogens with one attached hydrogen (secondary N) is 1. The van der Waals surface area contributed by atoms with Crippen LogP contribution in [0.3, 0.4) is 0 Å². The first-order chi connectivity index (χ1) is 9.16. The molecule has 1 fully saturated rings. The number of carbonyl (C=O) groups excluding carboxylic acids is 1. The van der Waals surface area contributed by atoms with E-state index in [1.54, 1.807) is 11.8 Å². The van der Waals surface area contributed by atoms with Crippen LogP contribution in [0.1, 0.15) is 13.3 Å². The average molecular weight is 335 g/mol. The summed E-state index contributed by atoms with van der Waals surface area (Å²) in [5.41, 5.74) is 0. The number of nitrogens with zero attached hydrogens (tertiary/aromatic N) is 1. The molecular weight excluding hydrogens is 315 g/mol. The zero-order valence-corrected chi connectivity index (χ0v) is 13.9. The first kappa shape index (κ1) is 17.6. The number of hydrogen-bond acceptors (Lipinski definition) is 3. The molecule has 0 saturated carbocycles. The molecule has 0 unspecified atom stereocenters. The fourth-order valence-electron chi connectivity index (χ4n) is 2.14. The van der Waals surface area contributed by atoms with Crippen LogP contribution in [0.15, 0.2) is 29.2 Å². The molecule has 0 aromatic heterocycles. The smallest absolute Gasteiger partial charge is 0.223 e. The molecule has 1 aromatic carbocycles. The van der Waals surface area contributed by atoms with Gasteiger partial charge in [-0.05, 0) is 31.2 Å². The third-order valence-electron chi connectivity index (χ3n) is 3.22. The minimum absolute atomic E-state index is 0. The van der Waals surface area contributed by atoms with Crippen LogP contribution in [0.4, 0.5) is 0 Å². The summed E-state index contributed by atoms with van der Waals surface area (Å²) in [5, 5.41) is 4.04. The van der Waals surface area contributed by atoms with Crippen molar-refractivity contribution in [1.29, 1.82) is 0 Å². The van der Waals surface area contributed by atoms with E-state index in [-0.39, 0.29) is 18.3 Å². The first-order valence-electron chi connectivity index (χ1n) is 6.55. The van der Waals surface area contributed by atoms with Crippen molar-refractivity contribution in [2.24, 2.45) is 0 Å². The van der Waals surface area contributed by atoms with E-state index in [1.165, 1.54) is 0 Å². The number of piperazine rings is 1. The lowest BCUT2D eigenvalue weighted by atomic mass is 10.2. The number of carbonyl (C=O) groups is 1. The standard InChI is InChI=1S/C14H19ClN2OS.ClH/c1-11-10-16-7-8-17(11)14(18)6-9-19-13-4-2-12(15)3-5-13;/h2-5,11,16H,6-10H2,1H3;1H/t11-;/m1./s1. The molecule has 1 saturated heterocycles. The highest BCUT2D eigenvalue weighted by atomic mass is 35.5. The topological polar surface area (TPSA) is 32.3 Å². The quantitative estimate of drug-likeness (QED) is 0.859. The number of rotatable bonds is 4. The number of halogens is 2. The number of amides is 1. The van der Waals surface area contributed by atoms with Gasteiger partial charge in [-0.15, -0.1) is 24.2 Å². The molecule has 3 nitrogen and oxygen atoms in total. The van der Waals surface area contributed by atoms with E-state index in [4.69, 9.17) is 11.6 Å². The molecule has 112 valence electrons. The molecule has 1 atom stereocenters. The van der Waals surface area contributed by atoms with Gasteiger partial charge in [0.2, 0.25) is 5.91 Å². The molecular formula is C14H20Cl2N2OS. The largest absolute Gasteiger partial charge is 0.337 e. The Bertz CT molecular complexity index is 428. The van der Waals surface area contributed by atoms with Crippen molar-refractivity contribution in [2.75, 3.05) is 25.4 Å². The van der Waals surface area contributed by atoms with Crippen LogP contribution in [-0.4, -0.2) is 42.2 Å². The number of hydrogen-bond donors (Lipinski definition) is 1. The van der Waals surface area contributed by atoms with Crippen LogP contribution in [0.25, 0.3) is 0 Å². The Morgan fingerprint density at radius 2 is 2.15 bits per heavy atom. The molecule has 1 aliphatic heterocycles. The van der Waals surface area contributed by atoms with E-state index >= 15 is 0 Å². The predicted octanol–water partition coefficient (Wildman–Crippen LogP) is 3.06. The zero-order chi connectivity index (χ0) is 13.7. The van der Waals surface area contributed by atoms with E-state index in [0.29, 0.717) is 12.5 Å². The summed E-state index contributed by atoms with van der Waals surface area (Å²) in [6, 6.07) is 8.05. The van der Waals surface area contributed by atoms with Crippen LogP contribution in [0.2, 0.25) is 5.02 Å². The van der Waals surface area contributed by atoms with Gasteiger partial charge in [0.25, 0.3) is 0 Å². The maximum absolute atomic E-state index is 12.1. The van der Waals surface area contributed by atoms with Gasteiger partial charge in [-0.3, -0.25) is 4.79 Å². The summed E-state index contributed by atoms with van der Waals surface area (Å²) in [6.45, 7) is 4.72. The Morgan fingerprint density at radius 1 is 1.45 bits per heavy atom. The second-order valence-electron chi connectivity index (χ2n) is 4.69. The Kier molecular flexibility index (Phi) is 7.74. The summed E-state index contributed by atoms with van der Waals surface area (Å²) < 4.78 is 0. The highest BCUT2D eigenvalue weighted by Gasteiger charge is 2.22. The second kappa shape index (κ2) is 8.78. The lowest BCUT2D eigenvalue weighted by Crippen LogP contribution is -2.52. The van der Waals surface area contributed by atoms with E-state index in [0.717, 1.165) is 35.3 Å². The molecule has 0 bridgehead atoms. The van der Waals surface area contributed by atoms with Crippen LogP contribution < -0.4 is 5.32 Å². The molecule has 20 heavy (non-hydrogen) atoms. The molecule has 1 N–H and O–H groups in total. The normalized spacial score (nSPS) is 18.5. The maximum atomic E-state index is 12.1. The summed E-state index contributed by atoms with van der Waals surface area (Å²) >= 11 is 7.54. The first-order valence-corrected chi connectivity index (χ1v) is 7.92. The van der Waals surface area contributed by atoms with Crippen LogP contribution >= 0.6 is 35.8 Å². The molecule has 1 amide bonds. The Hall–Kier alpha value is -0.420. The maximum Gasteiger partial charge on any atom is 0.223 e. The van der Waals surface area contributed by atoms with Crippen LogP contribution in [0.5, 0.6) is 0 Å². The Labute approximate surface area is 135 Å². The molecule has 2 rings (SSSR count). The lowest BCUT2D eigenvalue weighted by Gasteiger charge is -2.34. The fourth-order valence-corrected chi connectivity index (χ4v) is 3.11. The fraction of sp³-hybridized carbons (Fsp3) is 0.500. The third-order valence-corrected chi connectivity index (χ3v) is 4.49. The zero-order valence-electron chi connectivity index (χ0n) is 11.5. The third kappa shape index (κ3) is 5.17. The number of thioether (sulfide) groups is 1. The highest BCUT2D eigenvalue weighted by molar-refractivity contribution is 7.99. The van der Waals surface area contributed by atoms with Crippen LogP contribution in [0, 0.1) is 0 Å². The number of benzene rings is 1. The van der Waals surface area contributed by atoms with Gasteiger partial charge in [0.05, 0.1) is 0 Å². The molecule has 0 spiro atoms. The van der Waals surface area contributed by atoms with Crippen molar-refractivity contribution < 1.29 is 4.79 Å². The van der Waals surface area contributed by atoms with E-state index in [9.17, 15) is 4.79 Å². The predicted molar refractivity (Wildman–Crippen MR) is 88.1 cm³/mol. The van der Waals surface area contributed by atoms with Gasteiger partial charge >= 0.3 is 0 Å². The second-order valence-corrected chi connectivity index (χ2v) is 6.30. The molecule has 1 aliphatic rings. The van der Waals surface area contributed by atoms with Crippen molar-refractivity contribution in [1.82, 2.24) is 10.2 Å². The van der Waals surface area contributed by atoms with Crippen LogP contribution in [-0.2, 0) is 4.79 Å². The van der Waals surface area contributed by atoms with E-state index < -0.39 is 0 Å². The van der Waals surface area contributed by atoms with Gasteiger partial charge in [-0.25, -0.2) is 0 Å². The van der Waals surface area contributed by atoms with Gasteiger partial charge in [-0.1, -0.05) is 11.6 Å². The van der Waals surface area contributed by atoms with E-state index in [2.05, 4.69) is 12.2 Å². The lowest BCUT2D eigenvalue weighted by molar-refractivity contribution is -0.133.